The molecule has 0 spiro atoms. The van der Waals surface area contributed by atoms with Gasteiger partial charge >= 0.3 is 0 Å². The number of H-pyrrole nitrogens is 2. The topological polar surface area (TPSA) is 134 Å². The van der Waals surface area contributed by atoms with Gasteiger partial charge in [-0.3, -0.25) is 9.98 Å². The van der Waals surface area contributed by atoms with Gasteiger partial charge in [-0.15, -0.1) is 0 Å². The second kappa shape index (κ2) is 7.75. The molecule has 4 aromatic rings. The quantitative estimate of drug-likeness (QED) is 0.298. The normalized spacial score (nSPS) is 12.9. The Kier molecular flexibility index (Phi) is 4.99. The number of nitrogens with one attached hydrogen (secondary N) is 2. The number of nitrogens with zero attached hydrogens (tertiary/aromatic N) is 4. The van der Waals surface area contributed by atoms with E-state index in [1.807, 2.05) is 50.2 Å². The second-order valence-electron chi connectivity index (χ2n) is 6.73. The minimum absolute atomic E-state index is 0.526. The summed E-state index contributed by atoms with van der Waals surface area (Å²) in [5.41, 5.74) is 17.4. The number of aliphatic imine (C=N–C) groups is 2. The summed E-state index contributed by atoms with van der Waals surface area (Å²) in [7, 11) is 0. The van der Waals surface area contributed by atoms with Crippen LogP contribution in [0.3, 0.4) is 0 Å². The number of hydrogen-bond donors (Lipinski definition) is 4. The molecule has 0 saturated carbocycles. The van der Waals surface area contributed by atoms with Gasteiger partial charge in [0, 0.05) is 24.2 Å². The average Bonchev–Trinajstić information content (AvgIpc) is 3.29. The molecule has 0 atom stereocenters. The first-order valence-electron chi connectivity index (χ1n) is 9.65. The molecule has 0 fully saturated rings. The van der Waals surface area contributed by atoms with Crippen molar-refractivity contribution in [2.75, 3.05) is 13.1 Å². The van der Waals surface area contributed by atoms with Crippen LogP contribution < -0.4 is 11.5 Å². The average molecular weight is 388 g/mol. The number of hydrogen-bond acceptors (Lipinski definition) is 4. The van der Waals surface area contributed by atoms with Crippen molar-refractivity contribution in [3.05, 3.63) is 59.2 Å². The molecule has 2 heterocycles. The summed E-state index contributed by atoms with van der Waals surface area (Å²) < 4.78 is 0. The summed E-state index contributed by atoms with van der Waals surface area (Å²) in [5, 5.41) is 0. The second-order valence-corrected chi connectivity index (χ2v) is 6.73. The molecule has 0 aliphatic heterocycles. The molecule has 8 nitrogen and oxygen atoms in total. The summed E-state index contributed by atoms with van der Waals surface area (Å²) in [6.07, 6.45) is 0.561. The van der Waals surface area contributed by atoms with Crippen LogP contribution in [-0.2, 0) is 6.42 Å². The minimum Gasteiger partial charge on any atom is -0.384 e. The molecule has 0 saturated heterocycles. The maximum Gasteiger partial charge on any atom is 0.125 e. The molecule has 2 aromatic heterocycles. The van der Waals surface area contributed by atoms with Crippen molar-refractivity contribution in [3.63, 3.8) is 0 Å². The van der Waals surface area contributed by atoms with Gasteiger partial charge in [-0.2, -0.15) is 0 Å². The zero-order valence-corrected chi connectivity index (χ0v) is 16.5. The lowest BCUT2D eigenvalue weighted by atomic mass is 10.2. The van der Waals surface area contributed by atoms with Crippen molar-refractivity contribution in [2.45, 2.75) is 20.3 Å². The fourth-order valence-corrected chi connectivity index (χ4v) is 3.29. The minimum atomic E-state index is 0.526. The van der Waals surface area contributed by atoms with Crippen LogP contribution in [0.2, 0.25) is 0 Å². The lowest BCUT2D eigenvalue weighted by molar-refractivity contribution is 0.960. The summed E-state index contributed by atoms with van der Waals surface area (Å²) >= 11 is 0. The van der Waals surface area contributed by atoms with Crippen molar-refractivity contribution >= 4 is 33.7 Å². The number of imidazole rings is 2. The van der Waals surface area contributed by atoms with Crippen LogP contribution in [0.15, 0.2) is 46.4 Å². The molecule has 0 bridgehead atoms. The Labute approximate surface area is 168 Å². The first-order chi connectivity index (χ1) is 14.1. The summed E-state index contributed by atoms with van der Waals surface area (Å²) in [4.78, 5) is 24.6. The maximum atomic E-state index is 6.00. The third-order valence-corrected chi connectivity index (χ3v) is 4.65. The van der Waals surface area contributed by atoms with Gasteiger partial charge in [0.1, 0.15) is 23.3 Å². The molecule has 0 unspecified atom stereocenters. The van der Waals surface area contributed by atoms with Crippen LogP contribution >= 0.6 is 0 Å². The van der Waals surface area contributed by atoms with Gasteiger partial charge in [0.15, 0.2) is 0 Å². The molecule has 0 aliphatic carbocycles. The molecule has 8 heteroatoms. The van der Waals surface area contributed by atoms with Crippen LogP contribution in [0.4, 0.5) is 0 Å². The number of rotatable bonds is 6. The van der Waals surface area contributed by atoms with Crippen molar-refractivity contribution in [1.82, 2.24) is 19.9 Å². The molecular weight excluding hydrogens is 364 g/mol. The zero-order valence-electron chi connectivity index (χ0n) is 16.5. The molecule has 148 valence electrons. The van der Waals surface area contributed by atoms with E-state index in [-0.39, 0.29) is 0 Å². The molecule has 0 amide bonds. The molecule has 0 radical (unpaired) electrons. The van der Waals surface area contributed by atoms with E-state index >= 15 is 0 Å². The van der Waals surface area contributed by atoms with E-state index in [0.717, 1.165) is 44.8 Å². The van der Waals surface area contributed by atoms with Crippen molar-refractivity contribution in [1.29, 1.82) is 0 Å². The third-order valence-electron chi connectivity index (χ3n) is 4.65. The first-order valence-corrected chi connectivity index (χ1v) is 9.65. The Morgan fingerprint density at radius 1 is 0.793 bits per heavy atom. The van der Waals surface area contributed by atoms with E-state index in [1.165, 1.54) is 0 Å². The summed E-state index contributed by atoms with van der Waals surface area (Å²) in [6, 6.07) is 11.7. The van der Waals surface area contributed by atoms with E-state index in [2.05, 4.69) is 29.9 Å². The lowest BCUT2D eigenvalue weighted by Gasteiger charge is -1.99. The number of aromatic nitrogens is 4. The van der Waals surface area contributed by atoms with Gasteiger partial charge in [0.05, 0.1) is 28.5 Å². The lowest BCUT2D eigenvalue weighted by Crippen LogP contribution is -2.13. The van der Waals surface area contributed by atoms with Crippen molar-refractivity contribution < 1.29 is 0 Å². The first kappa shape index (κ1) is 18.7. The highest BCUT2D eigenvalue weighted by Crippen LogP contribution is 2.18. The van der Waals surface area contributed by atoms with Gasteiger partial charge in [-0.25, -0.2) is 9.97 Å². The SMILES string of the molecule is CCN=C(N)c1ccc2[nH]c(Cc3nc4cc(C(N)=NCC)ccc4[nH]3)nc2c1. The molecular formula is C21H24N8. The zero-order chi connectivity index (χ0) is 20.4. The fraction of sp³-hybridized carbons (Fsp3) is 0.238. The standard InChI is InChI=1S/C21H24N8/c1-3-24-20(22)12-5-7-14-16(9-12)28-18(26-14)11-19-27-15-8-6-13(10-17(15)29-19)21(23)25-4-2/h5-10H,3-4,11H2,1-2H3,(H2,22,24)(H2,23,25)(H,26,28)(H,27,29). The van der Waals surface area contributed by atoms with E-state index in [9.17, 15) is 0 Å². The summed E-state index contributed by atoms with van der Waals surface area (Å²) in [5.74, 6) is 2.71. The van der Waals surface area contributed by atoms with E-state index in [1.54, 1.807) is 0 Å². The molecule has 29 heavy (non-hydrogen) atoms. The smallest absolute Gasteiger partial charge is 0.125 e. The monoisotopic (exact) mass is 388 g/mol. The van der Waals surface area contributed by atoms with Gasteiger partial charge in [-0.05, 0) is 50.2 Å². The van der Waals surface area contributed by atoms with Gasteiger partial charge in [-0.1, -0.05) is 0 Å². The predicted octanol–water partition coefficient (Wildman–Crippen LogP) is 2.48. The molecule has 6 N–H and O–H groups in total. The highest BCUT2D eigenvalue weighted by molar-refractivity contribution is 6.00. The van der Waals surface area contributed by atoms with E-state index in [0.29, 0.717) is 31.2 Å². The number of amidine groups is 2. The Balaban J connectivity index is 1.61. The maximum absolute atomic E-state index is 6.00. The predicted molar refractivity (Wildman–Crippen MR) is 118 cm³/mol. The van der Waals surface area contributed by atoms with Gasteiger partial charge in [0.25, 0.3) is 0 Å². The van der Waals surface area contributed by atoms with E-state index < -0.39 is 0 Å². The largest absolute Gasteiger partial charge is 0.384 e. The molecule has 2 aromatic carbocycles. The van der Waals surface area contributed by atoms with Crippen molar-refractivity contribution in [3.8, 4) is 0 Å². The Morgan fingerprint density at radius 3 is 1.66 bits per heavy atom. The van der Waals surface area contributed by atoms with Crippen LogP contribution in [0.1, 0.15) is 36.6 Å². The Bertz CT molecular complexity index is 1130. The van der Waals surface area contributed by atoms with Crippen LogP contribution in [0.5, 0.6) is 0 Å². The number of benzene rings is 2. The van der Waals surface area contributed by atoms with Gasteiger partial charge < -0.3 is 21.4 Å². The fourth-order valence-electron chi connectivity index (χ4n) is 3.29. The number of fused-ring (bicyclic) bond motifs is 2. The van der Waals surface area contributed by atoms with Crippen molar-refractivity contribution in [2.24, 2.45) is 21.5 Å². The Hall–Kier alpha value is -3.68. The summed E-state index contributed by atoms with van der Waals surface area (Å²) in [6.45, 7) is 5.22. The highest BCUT2D eigenvalue weighted by atomic mass is 15.0. The van der Waals surface area contributed by atoms with Crippen LogP contribution in [0.25, 0.3) is 22.1 Å². The number of nitrogens with two attached hydrogens (primary N) is 2. The van der Waals surface area contributed by atoms with Crippen LogP contribution in [0, 0.1) is 0 Å². The highest BCUT2D eigenvalue weighted by Gasteiger charge is 2.10. The molecule has 4 rings (SSSR count). The Morgan fingerprint density at radius 2 is 1.24 bits per heavy atom. The number of aromatic amines is 2. The third kappa shape index (κ3) is 3.82. The molecule has 0 aliphatic rings. The van der Waals surface area contributed by atoms with Gasteiger partial charge in [0.2, 0.25) is 0 Å². The van der Waals surface area contributed by atoms with E-state index in [4.69, 9.17) is 11.5 Å². The van der Waals surface area contributed by atoms with Crippen LogP contribution in [-0.4, -0.2) is 44.7 Å².